The number of aryl methyl sites for hydroxylation is 2. The van der Waals surface area contributed by atoms with Crippen LogP contribution in [0.1, 0.15) is 22.5 Å². The Morgan fingerprint density at radius 2 is 1.77 bits per heavy atom. The van der Waals surface area contributed by atoms with Crippen LogP contribution in [0.4, 0.5) is 0 Å². The molecule has 0 bridgehead atoms. The summed E-state index contributed by atoms with van der Waals surface area (Å²) in [5, 5.41) is 9.86. The maximum Gasteiger partial charge on any atom is 0.262 e. The van der Waals surface area contributed by atoms with Crippen molar-refractivity contribution in [2.24, 2.45) is 0 Å². The minimum absolute atomic E-state index is 0.142. The summed E-state index contributed by atoms with van der Waals surface area (Å²) in [5.74, 6) is 0.142. The zero-order valence-corrected chi connectivity index (χ0v) is 12.5. The summed E-state index contributed by atoms with van der Waals surface area (Å²) >= 11 is 0. The first-order valence-electron chi connectivity index (χ1n) is 7.05. The fraction of sp³-hybridized carbons (Fsp3) is 0.167. The minimum Gasteiger partial charge on any atom is -0.279 e. The highest BCUT2D eigenvalue weighted by Crippen LogP contribution is 2.12. The maximum atomic E-state index is 12.7. The van der Waals surface area contributed by atoms with Gasteiger partial charge in [-0.05, 0) is 37.1 Å². The van der Waals surface area contributed by atoms with Crippen molar-refractivity contribution in [3.05, 3.63) is 75.3 Å². The third-order valence-electron chi connectivity index (χ3n) is 3.67. The van der Waals surface area contributed by atoms with Gasteiger partial charge in [-0.2, -0.15) is 5.26 Å². The fourth-order valence-electron chi connectivity index (χ4n) is 2.44. The van der Waals surface area contributed by atoms with Gasteiger partial charge in [0.25, 0.3) is 5.56 Å². The number of hydrogen-bond donors (Lipinski definition) is 0. The molecule has 108 valence electrons. The smallest absolute Gasteiger partial charge is 0.262 e. The topological polar surface area (TPSA) is 58.7 Å². The largest absolute Gasteiger partial charge is 0.279 e. The lowest BCUT2D eigenvalue weighted by molar-refractivity contribution is 0.733. The van der Waals surface area contributed by atoms with E-state index in [1.54, 1.807) is 6.07 Å². The molecule has 0 fully saturated rings. The molecule has 0 spiro atoms. The Morgan fingerprint density at radius 3 is 2.45 bits per heavy atom. The number of benzene rings is 2. The first kappa shape index (κ1) is 14.0. The van der Waals surface area contributed by atoms with E-state index in [-0.39, 0.29) is 11.4 Å². The third-order valence-corrected chi connectivity index (χ3v) is 3.67. The zero-order valence-electron chi connectivity index (χ0n) is 12.5. The Labute approximate surface area is 128 Å². The van der Waals surface area contributed by atoms with E-state index in [0.717, 1.165) is 16.7 Å². The normalized spacial score (nSPS) is 10.6. The van der Waals surface area contributed by atoms with E-state index in [0.29, 0.717) is 17.4 Å². The lowest BCUT2D eigenvalue weighted by Crippen LogP contribution is -2.24. The number of aromatic nitrogens is 2. The Morgan fingerprint density at radius 1 is 1.09 bits per heavy atom. The van der Waals surface area contributed by atoms with E-state index in [1.165, 1.54) is 4.57 Å². The molecule has 1 heterocycles. The molecule has 4 heteroatoms. The molecule has 3 rings (SSSR count). The van der Waals surface area contributed by atoms with Gasteiger partial charge in [-0.15, -0.1) is 0 Å². The molecule has 0 aliphatic heterocycles. The number of fused-ring (bicyclic) bond motifs is 1. The second-order valence-electron chi connectivity index (χ2n) is 5.44. The molecule has 0 unspecified atom stereocenters. The first-order chi connectivity index (χ1) is 10.6. The number of nitriles is 1. The van der Waals surface area contributed by atoms with Gasteiger partial charge in [0, 0.05) is 0 Å². The highest BCUT2D eigenvalue weighted by Gasteiger charge is 2.11. The lowest BCUT2D eigenvalue weighted by Gasteiger charge is -2.10. The number of hydrogen-bond acceptors (Lipinski definition) is 3. The van der Waals surface area contributed by atoms with E-state index >= 15 is 0 Å². The van der Waals surface area contributed by atoms with Crippen LogP contribution in [0.15, 0.2) is 47.3 Å². The van der Waals surface area contributed by atoms with Crippen molar-refractivity contribution in [3.8, 4) is 6.07 Å². The molecule has 1 aromatic heterocycles. The van der Waals surface area contributed by atoms with Gasteiger partial charge in [-0.1, -0.05) is 35.9 Å². The van der Waals surface area contributed by atoms with E-state index in [1.807, 2.05) is 56.3 Å². The third kappa shape index (κ3) is 2.49. The molecule has 0 saturated heterocycles. The minimum atomic E-state index is -0.179. The summed E-state index contributed by atoms with van der Waals surface area (Å²) < 4.78 is 1.43. The van der Waals surface area contributed by atoms with E-state index in [2.05, 4.69) is 4.98 Å². The standard InChI is InChI=1S/C18H15N3O/c1-12-3-6-14(7-4-12)11-21-17(10-19)20-16-9-13(2)5-8-15(16)18(21)22/h3-9H,11H2,1-2H3. The van der Waals surface area contributed by atoms with Crippen molar-refractivity contribution in [2.75, 3.05) is 0 Å². The highest BCUT2D eigenvalue weighted by molar-refractivity contribution is 5.78. The van der Waals surface area contributed by atoms with Gasteiger partial charge in [-0.25, -0.2) is 4.98 Å². The molecule has 3 aromatic rings. The van der Waals surface area contributed by atoms with E-state index < -0.39 is 0 Å². The van der Waals surface area contributed by atoms with E-state index in [9.17, 15) is 10.1 Å². The summed E-state index contributed by atoms with van der Waals surface area (Å²) in [6.45, 7) is 4.29. The first-order valence-corrected chi connectivity index (χ1v) is 7.05. The van der Waals surface area contributed by atoms with Crippen LogP contribution in [-0.2, 0) is 6.54 Å². The summed E-state index contributed by atoms with van der Waals surface area (Å²) in [4.78, 5) is 17.0. The second kappa shape index (κ2) is 5.45. The molecule has 0 aliphatic carbocycles. The Bertz CT molecular complexity index is 947. The molecule has 22 heavy (non-hydrogen) atoms. The van der Waals surface area contributed by atoms with Crippen molar-refractivity contribution in [2.45, 2.75) is 20.4 Å². The number of rotatable bonds is 2. The van der Waals surface area contributed by atoms with Crippen LogP contribution in [-0.4, -0.2) is 9.55 Å². The highest BCUT2D eigenvalue weighted by atomic mass is 16.1. The summed E-state index contributed by atoms with van der Waals surface area (Å²) in [5.41, 5.74) is 3.53. The van der Waals surface area contributed by atoms with Crippen molar-refractivity contribution in [1.29, 1.82) is 5.26 Å². The van der Waals surface area contributed by atoms with Gasteiger partial charge in [0.2, 0.25) is 5.82 Å². The maximum absolute atomic E-state index is 12.7. The Hall–Kier alpha value is -2.93. The molecule has 2 aromatic carbocycles. The van der Waals surface area contributed by atoms with Gasteiger partial charge in [0.15, 0.2) is 0 Å². The summed E-state index contributed by atoms with van der Waals surface area (Å²) in [7, 11) is 0. The predicted octanol–water partition coefficient (Wildman–Crippen LogP) is 2.93. The van der Waals surface area contributed by atoms with Crippen molar-refractivity contribution < 1.29 is 0 Å². The molecular formula is C18H15N3O. The second-order valence-corrected chi connectivity index (χ2v) is 5.44. The molecule has 0 aliphatic rings. The Kier molecular flexibility index (Phi) is 3.48. The van der Waals surface area contributed by atoms with Gasteiger partial charge in [0.1, 0.15) is 6.07 Å². The monoisotopic (exact) mass is 289 g/mol. The van der Waals surface area contributed by atoms with Gasteiger partial charge in [0.05, 0.1) is 17.4 Å². The molecular weight excluding hydrogens is 274 g/mol. The number of nitrogens with zero attached hydrogens (tertiary/aromatic N) is 3. The van der Waals surface area contributed by atoms with Crippen LogP contribution in [0.25, 0.3) is 10.9 Å². The molecule has 0 saturated carbocycles. The van der Waals surface area contributed by atoms with Crippen LogP contribution < -0.4 is 5.56 Å². The fourth-order valence-corrected chi connectivity index (χ4v) is 2.44. The van der Waals surface area contributed by atoms with Gasteiger partial charge in [-0.3, -0.25) is 9.36 Å². The average molecular weight is 289 g/mol. The summed E-state index contributed by atoms with van der Waals surface area (Å²) in [6.07, 6.45) is 0. The van der Waals surface area contributed by atoms with Gasteiger partial charge >= 0.3 is 0 Å². The quantitative estimate of drug-likeness (QED) is 0.728. The van der Waals surface area contributed by atoms with Crippen LogP contribution in [0, 0.1) is 25.2 Å². The lowest BCUT2D eigenvalue weighted by atomic mass is 10.1. The summed E-state index contributed by atoms with van der Waals surface area (Å²) in [6, 6.07) is 15.4. The van der Waals surface area contributed by atoms with E-state index in [4.69, 9.17) is 0 Å². The molecule has 0 radical (unpaired) electrons. The zero-order chi connectivity index (χ0) is 15.7. The molecule has 0 N–H and O–H groups in total. The van der Waals surface area contributed by atoms with Crippen molar-refractivity contribution in [3.63, 3.8) is 0 Å². The average Bonchev–Trinajstić information content (AvgIpc) is 2.51. The SMILES string of the molecule is Cc1ccc(Cn2c(C#N)nc3cc(C)ccc3c2=O)cc1. The predicted molar refractivity (Wildman–Crippen MR) is 85.7 cm³/mol. The van der Waals surface area contributed by atoms with Crippen molar-refractivity contribution in [1.82, 2.24) is 9.55 Å². The Balaban J connectivity index is 2.18. The van der Waals surface area contributed by atoms with Crippen LogP contribution in [0.2, 0.25) is 0 Å². The van der Waals surface area contributed by atoms with Crippen molar-refractivity contribution >= 4 is 10.9 Å². The van der Waals surface area contributed by atoms with Gasteiger partial charge < -0.3 is 0 Å². The van der Waals surface area contributed by atoms with Crippen LogP contribution in [0.3, 0.4) is 0 Å². The van der Waals surface area contributed by atoms with Crippen LogP contribution >= 0.6 is 0 Å². The van der Waals surface area contributed by atoms with Crippen LogP contribution in [0.5, 0.6) is 0 Å². The molecule has 4 nitrogen and oxygen atoms in total. The molecule has 0 atom stereocenters. The molecule has 0 amide bonds.